The first-order chi connectivity index (χ1) is 11.2. The molecule has 2 fully saturated rings. The zero-order valence-electron chi connectivity index (χ0n) is 18.5. The van der Waals surface area contributed by atoms with Crippen molar-refractivity contribution >= 4 is 5.78 Å². The van der Waals surface area contributed by atoms with Crippen LogP contribution in [0.3, 0.4) is 0 Å². The number of hydrogen-bond donors (Lipinski definition) is 0. The molecule has 0 aromatic heterocycles. The molecule has 0 atom stereocenters. The van der Waals surface area contributed by atoms with Gasteiger partial charge in [0.1, 0.15) is 5.78 Å². The van der Waals surface area contributed by atoms with Crippen LogP contribution in [-0.2, 0) is 24.3 Å². The molecular formula is C24H36ORu+2. The molecule has 2 heteroatoms. The summed E-state index contributed by atoms with van der Waals surface area (Å²) in [5, 5.41) is 0. The van der Waals surface area contributed by atoms with Crippen molar-refractivity contribution in [1.82, 2.24) is 0 Å². The number of hydrogen-bond acceptors (Lipinski definition) is 1. The van der Waals surface area contributed by atoms with Gasteiger partial charge in [0.25, 0.3) is 0 Å². The summed E-state index contributed by atoms with van der Waals surface area (Å²) >= 11 is 0. The van der Waals surface area contributed by atoms with Crippen LogP contribution in [0.15, 0.2) is 0 Å². The van der Waals surface area contributed by atoms with Crippen LogP contribution in [0.5, 0.6) is 0 Å². The van der Waals surface area contributed by atoms with E-state index < -0.39 is 0 Å². The van der Waals surface area contributed by atoms with Gasteiger partial charge in [-0.3, -0.25) is 4.79 Å². The Morgan fingerprint density at radius 3 is 1.00 bits per heavy atom. The SMILES string of the molecule is CC(C)(C)[C]1[CH][CH][CH][C](C(C)(C)C)C1=O.C[C]1[C](C)[C](C)[C](C)[C]1C.[Ru+2]. The first-order valence-corrected chi connectivity index (χ1v) is 9.20. The average Bonchev–Trinajstić information content (AvgIpc) is 2.64. The van der Waals surface area contributed by atoms with Crippen molar-refractivity contribution < 1.29 is 24.3 Å². The van der Waals surface area contributed by atoms with Gasteiger partial charge in [-0.2, -0.15) is 0 Å². The van der Waals surface area contributed by atoms with Gasteiger partial charge in [0.15, 0.2) is 0 Å². The fourth-order valence-electron chi connectivity index (χ4n) is 3.12. The number of carbonyl (C=O) groups is 1. The van der Waals surface area contributed by atoms with Gasteiger partial charge in [-0.05, 0) is 59.7 Å². The van der Waals surface area contributed by atoms with Crippen LogP contribution in [-0.4, -0.2) is 5.78 Å². The summed E-state index contributed by atoms with van der Waals surface area (Å²) in [5.74, 6) is 9.37. The third kappa shape index (κ3) is 6.15. The van der Waals surface area contributed by atoms with E-state index in [-0.39, 0.29) is 36.1 Å². The topological polar surface area (TPSA) is 17.1 Å². The quantitative estimate of drug-likeness (QED) is 0.398. The molecular weight excluding hydrogens is 405 g/mol. The molecule has 0 spiro atoms. The number of rotatable bonds is 0. The molecule has 0 aromatic carbocycles. The van der Waals surface area contributed by atoms with Gasteiger partial charge in [0.05, 0.1) is 11.8 Å². The fraction of sp³-hybridized carbons (Fsp3) is 0.542. The summed E-state index contributed by atoms with van der Waals surface area (Å²) in [6.45, 7) is 23.5. The molecule has 1 nitrogen and oxygen atoms in total. The third-order valence-corrected chi connectivity index (χ3v) is 5.44. The Morgan fingerprint density at radius 2 is 0.808 bits per heavy atom. The Hall–Kier alpha value is 0.293. The predicted octanol–water partition coefficient (Wildman–Crippen LogP) is 6.39. The molecule has 2 saturated carbocycles. The Labute approximate surface area is 177 Å². The summed E-state index contributed by atoms with van der Waals surface area (Å²) < 4.78 is 0. The second-order valence-electron chi connectivity index (χ2n) is 9.31. The van der Waals surface area contributed by atoms with E-state index in [2.05, 4.69) is 76.2 Å². The smallest absolute Gasteiger partial charge is 0.298 e. The van der Waals surface area contributed by atoms with Gasteiger partial charge < -0.3 is 0 Å². The molecule has 2 rings (SSSR count). The van der Waals surface area contributed by atoms with E-state index in [0.717, 1.165) is 11.8 Å². The summed E-state index contributed by atoms with van der Waals surface area (Å²) in [6, 6.07) is 0. The minimum absolute atomic E-state index is 0. The molecule has 0 aliphatic heterocycles. The van der Waals surface area contributed by atoms with E-state index >= 15 is 0 Å². The van der Waals surface area contributed by atoms with E-state index in [1.54, 1.807) is 0 Å². The van der Waals surface area contributed by atoms with E-state index in [0.29, 0.717) is 0 Å². The summed E-state index contributed by atoms with van der Waals surface area (Å²) in [5.41, 5.74) is -0.142. The molecule has 2 aliphatic carbocycles. The van der Waals surface area contributed by atoms with Crippen molar-refractivity contribution in [3.63, 3.8) is 0 Å². The Balaban J connectivity index is 0.000000497. The molecule has 0 unspecified atom stereocenters. The predicted molar refractivity (Wildman–Crippen MR) is 108 cm³/mol. The summed E-state index contributed by atoms with van der Waals surface area (Å²) in [7, 11) is 0. The summed E-state index contributed by atoms with van der Waals surface area (Å²) in [4.78, 5) is 12.3. The van der Waals surface area contributed by atoms with Crippen molar-refractivity contribution in [2.45, 2.75) is 76.2 Å². The maximum atomic E-state index is 12.3. The van der Waals surface area contributed by atoms with Gasteiger partial charge in [0, 0.05) is 0 Å². The van der Waals surface area contributed by atoms with Gasteiger partial charge in [-0.15, -0.1) is 0 Å². The molecule has 2 aliphatic rings. The van der Waals surface area contributed by atoms with Gasteiger partial charge in [-0.1, -0.05) is 76.2 Å². The number of Topliss-reactive ketones (excluding diaryl/α,β-unsaturated/α-hetero) is 1. The standard InChI is InChI=1S/C14H21O.C10H15.Ru/c1-13(2,3)10-8-7-9-11(12(10)15)14(4,5)6;1-6-7(2)9(4)10(5)8(6)3;/h7-9H,1-6H3;1-5H3;/q;;+2. The first-order valence-electron chi connectivity index (χ1n) is 9.20. The number of ketones is 1. The molecule has 0 saturated heterocycles. The molecule has 10 radical (unpaired) electrons. The second kappa shape index (κ2) is 9.67. The fourth-order valence-corrected chi connectivity index (χ4v) is 3.12. The average molecular weight is 442 g/mol. The van der Waals surface area contributed by atoms with Crippen LogP contribution < -0.4 is 0 Å². The van der Waals surface area contributed by atoms with Crippen LogP contribution >= 0.6 is 0 Å². The van der Waals surface area contributed by atoms with Crippen molar-refractivity contribution in [2.75, 3.05) is 0 Å². The largest absolute Gasteiger partial charge is 2.00 e. The van der Waals surface area contributed by atoms with Crippen LogP contribution in [0.4, 0.5) is 0 Å². The maximum Gasteiger partial charge on any atom is 2.00 e. The second-order valence-corrected chi connectivity index (χ2v) is 9.31. The molecule has 0 aromatic rings. The van der Waals surface area contributed by atoms with Gasteiger partial charge in [0.2, 0.25) is 0 Å². The van der Waals surface area contributed by atoms with Crippen LogP contribution in [0.1, 0.15) is 76.2 Å². The maximum absolute atomic E-state index is 12.3. The van der Waals surface area contributed by atoms with Crippen molar-refractivity contribution in [1.29, 1.82) is 0 Å². The van der Waals surface area contributed by atoms with Crippen molar-refractivity contribution in [3.05, 3.63) is 60.7 Å². The third-order valence-electron chi connectivity index (χ3n) is 5.44. The molecule has 0 heterocycles. The normalized spacial score (nSPS) is 23.7. The van der Waals surface area contributed by atoms with E-state index in [9.17, 15) is 4.79 Å². The van der Waals surface area contributed by atoms with E-state index in [4.69, 9.17) is 0 Å². The van der Waals surface area contributed by atoms with Crippen molar-refractivity contribution in [3.8, 4) is 0 Å². The molecule has 144 valence electrons. The van der Waals surface area contributed by atoms with Crippen LogP contribution in [0.2, 0.25) is 0 Å². The first kappa shape index (κ1) is 26.3. The monoisotopic (exact) mass is 442 g/mol. The van der Waals surface area contributed by atoms with Crippen LogP contribution in [0.25, 0.3) is 0 Å². The minimum atomic E-state index is -0.0711. The van der Waals surface area contributed by atoms with Crippen molar-refractivity contribution in [2.24, 2.45) is 10.8 Å². The van der Waals surface area contributed by atoms with Gasteiger partial charge in [-0.25, -0.2) is 0 Å². The minimum Gasteiger partial charge on any atom is -0.298 e. The summed E-state index contributed by atoms with van der Waals surface area (Å²) in [6.07, 6.45) is 5.87. The zero-order chi connectivity index (χ0) is 19.7. The Kier molecular flexibility index (Phi) is 9.78. The molecule has 26 heavy (non-hydrogen) atoms. The Bertz CT molecular complexity index is 373. The zero-order valence-corrected chi connectivity index (χ0v) is 20.2. The number of carbonyl (C=O) groups excluding carboxylic acids is 1. The molecule has 0 N–H and O–H groups in total. The van der Waals surface area contributed by atoms with Crippen LogP contribution in [0, 0.1) is 71.5 Å². The van der Waals surface area contributed by atoms with E-state index in [1.165, 1.54) is 29.6 Å². The Morgan fingerprint density at radius 1 is 0.577 bits per heavy atom. The van der Waals surface area contributed by atoms with E-state index in [1.807, 2.05) is 19.3 Å². The molecule has 0 bridgehead atoms. The van der Waals surface area contributed by atoms with Gasteiger partial charge >= 0.3 is 19.5 Å². The molecule has 0 amide bonds.